The van der Waals surface area contributed by atoms with E-state index >= 15 is 0 Å². The second-order valence-corrected chi connectivity index (χ2v) is 4.23. The van der Waals surface area contributed by atoms with Crippen LogP contribution in [0.2, 0.25) is 0 Å². The van der Waals surface area contributed by atoms with Crippen molar-refractivity contribution in [3.63, 3.8) is 0 Å². The van der Waals surface area contributed by atoms with Crippen LogP contribution in [0.4, 0.5) is 0 Å². The van der Waals surface area contributed by atoms with E-state index in [0.29, 0.717) is 12.1 Å². The largest absolute Gasteiger partial charge is 0.465 e. The average molecular weight is 265 g/mol. The molecule has 19 heavy (non-hydrogen) atoms. The molecule has 0 aliphatic carbocycles. The van der Waals surface area contributed by atoms with Crippen LogP contribution in [0.25, 0.3) is 0 Å². The first kappa shape index (κ1) is 15.1. The molecule has 5 heteroatoms. The van der Waals surface area contributed by atoms with E-state index in [0.717, 1.165) is 18.4 Å². The number of aromatic nitrogens is 1. The van der Waals surface area contributed by atoms with Gasteiger partial charge < -0.3 is 9.47 Å². The van der Waals surface area contributed by atoms with Gasteiger partial charge in [-0.05, 0) is 31.4 Å². The van der Waals surface area contributed by atoms with Gasteiger partial charge in [0.1, 0.15) is 0 Å². The summed E-state index contributed by atoms with van der Waals surface area (Å²) < 4.78 is 9.42. The third-order valence-electron chi connectivity index (χ3n) is 2.80. The molecule has 0 spiro atoms. The lowest BCUT2D eigenvalue weighted by atomic mass is 10.00. The molecular formula is C14H19NO4. The molecule has 1 aromatic heterocycles. The van der Waals surface area contributed by atoms with E-state index in [9.17, 15) is 9.59 Å². The Kier molecular flexibility index (Phi) is 5.48. The standard InChI is InChI=1S/C14H19NO4/c1-5-6-7-10-8-9(2)15-12(14(17)19-4)11(10)13(16)18-3/h8H,5-7H2,1-4H3. The van der Waals surface area contributed by atoms with Gasteiger partial charge in [-0.15, -0.1) is 0 Å². The first-order valence-electron chi connectivity index (χ1n) is 6.22. The van der Waals surface area contributed by atoms with Crippen molar-refractivity contribution in [2.75, 3.05) is 14.2 Å². The van der Waals surface area contributed by atoms with Gasteiger partial charge in [0.2, 0.25) is 0 Å². The highest BCUT2D eigenvalue weighted by atomic mass is 16.5. The molecule has 0 N–H and O–H groups in total. The topological polar surface area (TPSA) is 65.5 Å². The fraction of sp³-hybridized carbons (Fsp3) is 0.500. The molecule has 5 nitrogen and oxygen atoms in total. The number of carbonyl (C=O) groups excluding carboxylic acids is 2. The summed E-state index contributed by atoms with van der Waals surface area (Å²) in [4.78, 5) is 27.7. The Bertz CT molecular complexity index is 483. The van der Waals surface area contributed by atoms with Crippen LogP contribution in [0.15, 0.2) is 6.07 Å². The number of carbonyl (C=O) groups is 2. The number of hydrogen-bond acceptors (Lipinski definition) is 5. The van der Waals surface area contributed by atoms with Crippen molar-refractivity contribution in [3.8, 4) is 0 Å². The van der Waals surface area contributed by atoms with Crippen LogP contribution in [-0.2, 0) is 15.9 Å². The van der Waals surface area contributed by atoms with E-state index in [1.54, 1.807) is 6.92 Å². The number of unbranched alkanes of at least 4 members (excludes halogenated alkanes) is 1. The summed E-state index contributed by atoms with van der Waals surface area (Å²) in [5, 5.41) is 0. The molecule has 0 radical (unpaired) electrons. The predicted octanol–water partition coefficient (Wildman–Crippen LogP) is 2.31. The summed E-state index contributed by atoms with van der Waals surface area (Å²) >= 11 is 0. The van der Waals surface area contributed by atoms with Gasteiger partial charge in [0.05, 0.1) is 19.8 Å². The fourth-order valence-electron chi connectivity index (χ4n) is 1.88. The van der Waals surface area contributed by atoms with Crippen LogP contribution in [0, 0.1) is 6.92 Å². The monoisotopic (exact) mass is 265 g/mol. The van der Waals surface area contributed by atoms with E-state index in [1.807, 2.05) is 6.07 Å². The van der Waals surface area contributed by atoms with Gasteiger partial charge in [0.15, 0.2) is 5.69 Å². The van der Waals surface area contributed by atoms with Crippen LogP contribution < -0.4 is 0 Å². The Balaban J connectivity index is 3.39. The number of esters is 2. The van der Waals surface area contributed by atoms with E-state index in [1.165, 1.54) is 14.2 Å². The third-order valence-corrected chi connectivity index (χ3v) is 2.80. The lowest BCUT2D eigenvalue weighted by Crippen LogP contribution is -2.17. The second kappa shape index (κ2) is 6.87. The minimum atomic E-state index is -0.623. The number of hydrogen-bond donors (Lipinski definition) is 0. The maximum Gasteiger partial charge on any atom is 0.357 e. The molecule has 104 valence electrons. The summed E-state index contributed by atoms with van der Waals surface area (Å²) in [5.74, 6) is -1.18. The summed E-state index contributed by atoms with van der Waals surface area (Å²) in [6.07, 6.45) is 2.62. The summed E-state index contributed by atoms with van der Waals surface area (Å²) in [6.45, 7) is 3.84. The molecule has 0 aromatic carbocycles. The van der Waals surface area contributed by atoms with Crippen molar-refractivity contribution >= 4 is 11.9 Å². The van der Waals surface area contributed by atoms with E-state index < -0.39 is 11.9 Å². The van der Waals surface area contributed by atoms with Gasteiger partial charge in [-0.3, -0.25) is 0 Å². The number of rotatable bonds is 5. The van der Waals surface area contributed by atoms with Gasteiger partial charge in [-0.1, -0.05) is 13.3 Å². The molecule has 0 amide bonds. The van der Waals surface area contributed by atoms with Crippen molar-refractivity contribution in [3.05, 3.63) is 28.6 Å². The zero-order valence-corrected chi connectivity index (χ0v) is 11.8. The molecular weight excluding hydrogens is 246 g/mol. The van der Waals surface area contributed by atoms with E-state index in [2.05, 4.69) is 16.6 Å². The van der Waals surface area contributed by atoms with Gasteiger partial charge in [0.25, 0.3) is 0 Å². The van der Waals surface area contributed by atoms with Crippen molar-refractivity contribution in [1.82, 2.24) is 4.98 Å². The maximum absolute atomic E-state index is 11.9. The molecule has 1 heterocycles. The quantitative estimate of drug-likeness (QED) is 0.764. The SMILES string of the molecule is CCCCc1cc(C)nc(C(=O)OC)c1C(=O)OC. The first-order chi connectivity index (χ1) is 9.04. The van der Waals surface area contributed by atoms with Gasteiger partial charge >= 0.3 is 11.9 Å². The normalized spacial score (nSPS) is 10.1. The van der Waals surface area contributed by atoms with Crippen LogP contribution in [0.1, 0.15) is 51.9 Å². The van der Waals surface area contributed by atoms with Crippen LogP contribution in [0.3, 0.4) is 0 Å². The minimum absolute atomic E-state index is 0.0282. The number of aryl methyl sites for hydroxylation is 2. The molecule has 0 atom stereocenters. The molecule has 1 aromatic rings. The number of ether oxygens (including phenoxy) is 2. The Morgan fingerprint density at radius 3 is 2.37 bits per heavy atom. The summed E-state index contributed by atoms with van der Waals surface area (Å²) in [6, 6.07) is 1.81. The second-order valence-electron chi connectivity index (χ2n) is 4.23. The maximum atomic E-state index is 11.9. The Morgan fingerprint density at radius 1 is 1.21 bits per heavy atom. The van der Waals surface area contributed by atoms with Crippen LogP contribution in [-0.4, -0.2) is 31.1 Å². The Hall–Kier alpha value is -1.91. The molecule has 0 saturated heterocycles. The molecule has 0 bridgehead atoms. The van der Waals surface area contributed by atoms with Gasteiger partial charge in [-0.25, -0.2) is 14.6 Å². The van der Waals surface area contributed by atoms with Crippen molar-refractivity contribution in [2.45, 2.75) is 33.1 Å². The van der Waals surface area contributed by atoms with Gasteiger partial charge in [0, 0.05) is 5.69 Å². The van der Waals surface area contributed by atoms with Gasteiger partial charge in [-0.2, -0.15) is 0 Å². The van der Waals surface area contributed by atoms with Crippen LogP contribution >= 0.6 is 0 Å². The Labute approximate surface area is 112 Å². The highest BCUT2D eigenvalue weighted by molar-refractivity contribution is 6.02. The summed E-state index contributed by atoms with van der Waals surface area (Å²) in [5.41, 5.74) is 1.70. The molecule has 1 rings (SSSR count). The Morgan fingerprint density at radius 2 is 1.84 bits per heavy atom. The summed E-state index contributed by atoms with van der Waals surface area (Å²) in [7, 11) is 2.55. The average Bonchev–Trinajstić information content (AvgIpc) is 2.42. The van der Waals surface area contributed by atoms with E-state index in [4.69, 9.17) is 4.74 Å². The number of pyridine rings is 1. The van der Waals surface area contributed by atoms with E-state index in [-0.39, 0.29) is 11.3 Å². The van der Waals surface area contributed by atoms with Crippen LogP contribution in [0.5, 0.6) is 0 Å². The van der Waals surface area contributed by atoms with Crippen molar-refractivity contribution in [1.29, 1.82) is 0 Å². The fourth-order valence-corrected chi connectivity index (χ4v) is 1.88. The highest BCUT2D eigenvalue weighted by Crippen LogP contribution is 2.19. The zero-order valence-electron chi connectivity index (χ0n) is 11.8. The molecule has 0 fully saturated rings. The zero-order chi connectivity index (χ0) is 14.4. The molecule has 0 aliphatic rings. The van der Waals surface area contributed by atoms with Crippen molar-refractivity contribution < 1.29 is 19.1 Å². The minimum Gasteiger partial charge on any atom is -0.465 e. The molecule has 0 saturated carbocycles. The highest BCUT2D eigenvalue weighted by Gasteiger charge is 2.24. The first-order valence-corrected chi connectivity index (χ1v) is 6.22. The van der Waals surface area contributed by atoms with Crippen molar-refractivity contribution in [2.24, 2.45) is 0 Å². The smallest absolute Gasteiger partial charge is 0.357 e. The number of nitrogens with zero attached hydrogens (tertiary/aromatic N) is 1. The lowest BCUT2D eigenvalue weighted by molar-refractivity contribution is 0.0548. The molecule has 0 unspecified atom stereocenters. The number of methoxy groups -OCH3 is 2. The lowest BCUT2D eigenvalue weighted by Gasteiger charge is -2.12. The predicted molar refractivity (Wildman–Crippen MR) is 70.3 cm³/mol. The third kappa shape index (κ3) is 3.53. The molecule has 0 aliphatic heterocycles.